The third kappa shape index (κ3) is 2.74. The normalized spacial score (nSPS) is 20.0. The first-order valence-electron chi connectivity index (χ1n) is 7.13. The van der Waals surface area contributed by atoms with Gasteiger partial charge in [-0.1, -0.05) is 48.5 Å². The van der Waals surface area contributed by atoms with Crippen molar-refractivity contribution in [1.82, 2.24) is 0 Å². The molecular formula is C18H15NO4. The average molecular weight is 309 g/mol. The van der Waals surface area contributed by atoms with Crippen LogP contribution in [-0.4, -0.2) is 21.9 Å². The highest BCUT2D eigenvalue weighted by Gasteiger charge is 2.46. The summed E-state index contributed by atoms with van der Waals surface area (Å²) in [7, 11) is 0. The van der Waals surface area contributed by atoms with E-state index in [-0.39, 0.29) is 5.76 Å². The van der Waals surface area contributed by atoms with E-state index in [1.54, 1.807) is 54.6 Å². The Morgan fingerprint density at radius 3 is 2.48 bits per heavy atom. The molecule has 5 heteroatoms. The van der Waals surface area contributed by atoms with Crippen LogP contribution in [0.4, 0.5) is 5.69 Å². The maximum absolute atomic E-state index is 12.2. The molecule has 0 bridgehead atoms. The molecule has 5 nitrogen and oxygen atoms in total. The Labute approximate surface area is 132 Å². The predicted molar refractivity (Wildman–Crippen MR) is 85.6 cm³/mol. The summed E-state index contributed by atoms with van der Waals surface area (Å²) < 4.78 is 0. The van der Waals surface area contributed by atoms with Gasteiger partial charge in [-0.25, -0.2) is 0 Å². The first-order chi connectivity index (χ1) is 11.0. The van der Waals surface area contributed by atoms with Crippen molar-refractivity contribution in [2.24, 2.45) is 0 Å². The van der Waals surface area contributed by atoms with Gasteiger partial charge in [0.1, 0.15) is 5.76 Å². The summed E-state index contributed by atoms with van der Waals surface area (Å²) in [5.41, 5.74) is -0.569. The summed E-state index contributed by atoms with van der Waals surface area (Å²) in [6.45, 7) is 0. The molecule has 2 aromatic carbocycles. The zero-order valence-electron chi connectivity index (χ0n) is 12.2. The van der Waals surface area contributed by atoms with E-state index in [9.17, 15) is 19.8 Å². The molecule has 3 N–H and O–H groups in total. The number of carbonyl (C=O) groups is 2. The van der Waals surface area contributed by atoms with Gasteiger partial charge in [0.25, 0.3) is 5.91 Å². The second-order valence-electron chi connectivity index (χ2n) is 5.40. The molecule has 1 amide bonds. The summed E-state index contributed by atoms with van der Waals surface area (Å²) in [6, 6.07) is 15.3. The summed E-state index contributed by atoms with van der Waals surface area (Å²) >= 11 is 0. The van der Waals surface area contributed by atoms with Crippen LogP contribution in [0.3, 0.4) is 0 Å². The average Bonchev–Trinajstić information content (AvgIpc) is 2.79. The Balaban J connectivity index is 1.84. The van der Waals surface area contributed by atoms with Crippen molar-refractivity contribution in [3.05, 3.63) is 71.8 Å². The van der Waals surface area contributed by atoms with Gasteiger partial charge in [-0.2, -0.15) is 0 Å². The number of anilines is 1. The number of nitrogens with one attached hydrogen (secondary N) is 1. The third-order valence-electron chi connectivity index (χ3n) is 3.79. The number of rotatable bonds is 4. The Bertz CT molecular complexity index is 798. The van der Waals surface area contributed by atoms with E-state index in [1.165, 1.54) is 0 Å². The molecule has 1 atom stereocenters. The van der Waals surface area contributed by atoms with Crippen molar-refractivity contribution in [1.29, 1.82) is 0 Å². The molecule has 0 saturated carbocycles. The molecule has 0 spiro atoms. The van der Waals surface area contributed by atoms with Crippen molar-refractivity contribution < 1.29 is 19.8 Å². The van der Waals surface area contributed by atoms with Crippen molar-refractivity contribution >= 4 is 23.1 Å². The van der Waals surface area contributed by atoms with E-state index in [2.05, 4.69) is 5.32 Å². The fraction of sp³-hybridized carbons (Fsp3) is 0.111. The Hall–Kier alpha value is -2.92. The maximum Gasteiger partial charge on any atom is 0.261 e. The van der Waals surface area contributed by atoms with Crippen LogP contribution in [0.5, 0.6) is 0 Å². The monoisotopic (exact) mass is 309 g/mol. The fourth-order valence-corrected chi connectivity index (χ4v) is 2.62. The van der Waals surface area contributed by atoms with Gasteiger partial charge in [-0.3, -0.25) is 9.59 Å². The van der Waals surface area contributed by atoms with Crippen molar-refractivity contribution in [2.45, 2.75) is 12.0 Å². The minimum atomic E-state index is -1.92. The number of aliphatic hydroxyl groups excluding tert-OH is 1. The highest BCUT2D eigenvalue weighted by Crippen LogP contribution is 2.38. The second kappa shape index (κ2) is 5.70. The zero-order valence-corrected chi connectivity index (χ0v) is 12.2. The van der Waals surface area contributed by atoms with Gasteiger partial charge in [-0.15, -0.1) is 0 Å². The van der Waals surface area contributed by atoms with Crippen LogP contribution in [0.1, 0.15) is 17.5 Å². The summed E-state index contributed by atoms with van der Waals surface area (Å²) in [5.74, 6) is -1.38. The van der Waals surface area contributed by atoms with Crippen molar-refractivity contribution in [3.8, 4) is 0 Å². The maximum atomic E-state index is 12.2. The van der Waals surface area contributed by atoms with Crippen LogP contribution in [0.2, 0.25) is 0 Å². The summed E-state index contributed by atoms with van der Waals surface area (Å²) in [4.78, 5) is 24.2. The van der Waals surface area contributed by atoms with Crippen LogP contribution in [0.15, 0.2) is 60.7 Å². The molecule has 1 heterocycles. The Morgan fingerprint density at radius 1 is 1.09 bits per heavy atom. The number of ketones is 1. The van der Waals surface area contributed by atoms with Gasteiger partial charge in [0.15, 0.2) is 11.4 Å². The van der Waals surface area contributed by atoms with Gasteiger partial charge >= 0.3 is 0 Å². The minimum Gasteiger partial charge on any atom is -0.507 e. The van der Waals surface area contributed by atoms with Gasteiger partial charge in [0.05, 0.1) is 6.42 Å². The predicted octanol–water partition coefficient (Wildman–Crippen LogP) is 2.38. The largest absolute Gasteiger partial charge is 0.507 e. The highest BCUT2D eigenvalue weighted by molar-refractivity contribution is 6.09. The molecule has 23 heavy (non-hydrogen) atoms. The lowest BCUT2D eigenvalue weighted by Crippen LogP contribution is -2.36. The summed E-state index contributed by atoms with van der Waals surface area (Å²) in [5, 5.41) is 23.1. The first-order valence-corrected chi connectivity index (χ1v) is 7.13. The van der Waals surface area contributed by atoms with Crippen LogP contribution < -0.4 is 5.32 Å². The van der Waals surface area contributed by atoms with Crippen LogP contribution >= 0.6 is 0 Å². The number of aliphatic hydroxyl groups is 2. The molecular weight excluding hydrogens is 294 g/mol. The zero-order chi connectivity index (χ0) is 16.4. The van der Waals surface area contributed by atoms with E-state index in [0.29, 0.717) is 16.8 Å². The number of para-hydroxylation sites is 1. The molecule has 1 aliphatic heterocycles. The number of fused-ring (bicyclic) bond motifs is 1. The van der Waals surface area contributed by atoms with Gasteiger partial charge in [-0.05, 0) is 6.07 Å². The van der Waals surface area contributed by atoms with E-state index in [1.807, 2.05) is 0 Å². The Kier molecular flexibility index (Phi) is 3.72. The number of allylic oxidation sites excluding steroid dienone is 1. The standard InChI is InChI=1S/C18H15NO4/c20-13(10-16(21)12-6-2-1-3-7-12)11-18(23)14-8-4-5-9-15(14)19-17(18)22/h1-10,21,23H,11H2,(H,19,22)/b16-10-/t18-/m0/s1. The number of hydrogen-bond donors (Lipinski definition) is 3. The summed E-state index contributed by atoms with van der Waals surface area (Å²) in [6.07, 6.45) is 0.592. The molecule has 2 aromatic rings. The van der Waals surface area contributed by atoms with Gasteiger partial charge in [0, 0.05) is 22.9 Å². The first kappa shape index (κ1) is 15.0. The van der Waals surface area contributed by atoms with Crippen molar-refractivity contribution in [2.75, 3.05) is 5.32 Å². The lowest BCUT2D eigenvalue weighted by atomic mass is 9.89. The number of carbonyl (C=O) groups excluding carboxylic acids is 2. The molecule has 0 aromatic heterocycles. The van der Waals surface area contributed by atoms with Gasteiger partial charge < -0.3 is 15.5 Å². The molecule has 0 saturated heterocycles. The molecule has 0 unspecified atom stereocenters. The van der Waals surface area contributed by atoms with Crippen LogP contribution in [0.25, 0.3) is 5.76 Å². The minimum absolute atomic E-state index is 0.203. The fourth-order valence-electron chi connectivity index (χ4n) is 2.62. The molecule has 0 fully saturated rings. The molecule has 0 aliphatic carbocycles. The van der Waals surface area contributed by atoms with E-state index in [4.69, 9.17) is 0 Å². The molecule has 116 valence electrons. The lowest BCUT2D eigenvalue weighted by molar-refractivity contribution is -0.138. The van der Waals surface area contributed by atoms with E-state index >= 15 is 0 Å². The van der Waals surface area contributed by atoms with E-state index in [0.717, 1.165) is 6.08 Å². The third-order valence-corrected chi connectivity index (χ3v) is 3.79. The van der Waals surface area contributed by atoms with Gasteiger partial charge in [0.2, 0.25) is 0 Å². The number of benzene rings is 2. The van der Waals surface area contributed by atoms with Crippen LogP contribution in [-0.2, 0) is 15.2 Å². The smallest absolute Gasteiger partial charge is 0.261 e. The SMILES string of the molecule is O=C(/C=C(\O)c1ccccc1)C[C@@]1(O)C(=O)Nc2ccccc21. The quantitative estimate of drug-likeness (QED) is 0.598. The van der Waals surface area contributed by atoms with E-state index < -0.39 is 23.7 Å². The molecule has 1 aliphatic rings. The molecule has 0 radical (unpaired) electrons. The highest BCUT2D eigenvalue weighted by atomic mass is 16.3. The van der Waals surface area contributed by atoms with Crippen molar-refractivity contribution in [3.63, 3.8) is 0 Å². The topological polar surface area (TPSA) is 86.6 Å². The number of amides is 1. The lowest BCUT2D eigenvalue weighted by Gasteiger charge is -2.19. The molecule has 3 rings (SSSR count). The second-order valence-corrected chi connectivity index (χ2v) is 5.40. The van der Waals surface area contributed by atoms with Crippen LogP contribution in [0, 0.1) is 0 Å². The number of hydrogen-bond acceptors (Lipinski definition) is 4. The Morgan fingerprint density at radius 2 is 1.74 bits per heavy atom.